The van der Waals surface area contributed by atoms with Crippen LogP contribution in [-0.2, 0) is 0 Å². The molecule has 0 spiro atoms. The molecule has 0 atom stereocenters. The van der Waals surface area contributed by atoms with Crippen molar-refractivity contribution in [1.82, 2.24) is 15.0 Å². The summed E-state index contributed by atoms with van der Waals surface area (Å²) in [6.45, 7) is 0. The molecule has 0 aliphatic heterocycles. The quantitative estimate of drug-likeness (QED) is 0.671. The first-order valence-electron chi connectivity index (χ1n) is 5.70. The lowest BCUT2D eigenvalue weighted by Crippen LogP contribution is -1.95. The average Bonchev–Trinajstić information content (AvgIpc) is 2.46. The molecule has 3 rings (SSSR count). The zero-order valence-corrected chi connectivity index (χ0v) is 10.9. The molecule has 4 nitrogen and oxygen atoms in total. The molecule has 0 bridgehead atoms. The van der Waals surface area contributed by atoms with E-state index in [1.54, 1.807) is 13.3 Å². The molecular formula is C14H10ClN3O. The van der Waals surface area contributed by atoms with E-state index >= 15 is 0 Å². The van der Waals surface area contributed by atoms with Crippen LogP contribution in [-0.4, -0.2) is 22.1 Å². The molecule has 0 radical (unpaired) electrons. The van der Waals surface area contributed by atoms with Crippen molar-refractivity contribution in [3.8, 4) is 17.0 Å². The minimum absolute atomic E-state index is 0.292. The predicted octanol–water partition coefficient (Wildman–Crippen LogP) is 3.35. The highest BCUT2D eigenvalue weighted by molar-refractivity contribution is 6.31. The maximum Gasteiger partial charge on any atom is 0.182 e. The summed E-state index contributed by atoms with van der Waals surface area (Å²) in [4.78, 5) is 12.6. The van der Waals surface area contributed by atoms with E-state index in [0.29, 0.717) is 16.6 Å². The average molecular weight is 272 g/mol. The van der Waals surface area contributed by atoms with E-state index in [4.69, 9.17) is 16.3 Å². The minimum atomic E-state index is 0.292. The minimum Gasteiger partial charge on any atom is -0.491 e. The zero-order chi connectivity index (χ0) is 13.2. The van der Waals surface area contributed by atoms with Crippen molar-refractivity contribution >= 4 is 22.5 Å². The molecule has 0 saturated carbocycles. The summed E-state index contributed by atoms with van der Waals surface area (Å²) in [5.74, 6) is 0.460. The summed E-state index contributed by atoms with van der Waals surface area (Å²) in [6.07, 6.45) is 3.17. The Morgan fingerprint density at radius 2 is 1.89 bits per heavy atom. The number of hydrogen-bond acceptors (Lipinski definition) is 4. The first-order valence-corrected chi connectivity index (χ1v) is 6.07. The van der Waals surface area contributed by atoms with Crippen molar-refractivity contribution in [3.63, 3.8) is 0 Å². The van der Waals surface area contributed by atoms with Crippen LogP contribution in [0.3, 0.4) is 0 Å². The van der Waals surface area contributed by atoms with Crippen molar-refractivity contribution in [2.75, 3.05) is 7.11 Å². The van der Waals surface area contributed by atoms with Gasteiger partial charge in [0.05, 0.1) is 12.6 Å². The summed E-state index contributed by atoms with van der Waals surface area (Å²) < 4.78 is 5.29. The van der Waals surface area contributed by atoms with Crippen molar-refractivity contribution in [2.24, 2.45) is 0 Å². The Bertz CT molecular complexity index is 740. The fourth-order valence-corrected chi connectivity index (χ4v) is 2.23. The Morgan fingerprint density at radius 3 is 2.74 bits per heavy atom. The van der Waals surface area contributed by atoms with Gasteiger partial charge in [-0.3, -0.25) is 4.98 Å². The number of benzene rings is 1. The summed E-state index contributed by atoms with van der Waals surface area (Å²) in [5.41, 5.74) is 2.38. The number of methoxy groups -OCH3 is 1. The Kier molecular flexibility index (Phi) is 3.01. The van der Waals surface area contributed by atoms with Gasteiger partial charge in [-0.05, 0) is 6.07 Å². The van der Waals surface area contributed by atoms with Crippen molar-refractivity contribution < 1.29 is 4.74 Å². The lowest BCUT2D eigenvalue weighted by molar-refractivity contribution is 0.413. The molecule has 94 valence electrons. The largest absolute Gasteiger partial charge is 0.491 e. The number of hydrogen-bond donors (Lipinski definition) is 0. The van der Waals surface area contributed by atoms with Gasteiger partial charge in [0.25, 0.3) is 0 Å². The lowest BCUT2D eigenvalue weighted by atomic mass is 10.1. The van der Waals surface area contributed by atoms with Crippen LogP contribution >= 0.6 is 11.6 Å². The summed E-state index contributed by atoms with van der Waals surface area (Å²) in [7, 11) is 1.55. The van der Waals surface area contributed by atoms with E-state index in [1.165, 1.54) is 6.33 Å². The van der Waals surface area contributed by atoms with Gasteiger partial charge in [-0.2, -0.15) is 0 Å². The highest BCUT2D eigenvalue weighted by Crippen LogP contribution is 2.35. The van der Waals surface area contributed by atoms with Gasteiger partial charge in [-0.25, -0.2) is 9.97 Å². The normalized spacial score (nSPS) is 10.6. The van der Waals surface area contributed by atoms with Gasteiger partial charge < -0.3 is 4.74 Å². The van der Waals surface area contributed by atoms with Crippen LogP contribution in [0.15, 0.2) is 42.9 Å². The molecule has 0 unspecified atom stereocenters. The summed E-state index contributed by atoms with van der Waals surface area (Å²) >= 11 is 6.03. The number of ether oxygens (including phenoxy) is 1. The Morgan fingerprint density at radius 1 is 1.05 bits per heavy atom. The van der Waals surface area contributed by atoms with Crippen LogP contribution in [0.25, 0.3) is 22.2 Å². The molecule has 5 heteroatoms. The van der Waals surface area contributed by atoms with E-state index in [-0.39, 0.29) is 0 Å². The number of rotatable bonds is 2. The lowest BCUT2D eigenvalue weighted by Gasteiger charge is -2.10. The highest BCUT2D eigenvalue weighted by atomic mass is 35.5. The SMILES string of the molecule is COc1c(Cl)ncnc1-c1cccc2cccnc12. The smallest absolute Gasteiger partial charge is 0.182 e. The van der Waals surface area contributed by atoms with Gasteiger partial charge >= 0.3 is 0 Å². The third kappa shape index (κ3) is 2.00. The number of aromatic nitrogens is 3. The zero-order valence-electron chi connectivity index (χ0n) is 10.2. The van der Waals surface area contributed by atoms with Gasteiger partial charge in [0.15, 0.2) is 10.9 Å². The molecule has 0 fully saturated rings. The summed E-state index contributed by atoms with van der Waals surface area (Å²) in [5, 5.41) is 1.33. The van der Waals surface area contributed by atoms with Crippen molar-refractivity contribution in [3.05, 3.63) is 48.0 Å². The Labute approximate surface area is 115 Å². The number of fused-ring (bicyclic) bond motifs is 1. The highest BCUT2D eigenvalue weighted by Gasteiger charge is 2.15. The van der Waals surface area contributed by atoms with Crippen LogP contribution < -0.4 is 4.74 Å². The number of nitrogens with zero attached hydrogens (tertiary/aromatic N) is 3. The van der Waals surface area contributed by atoms with Crippen molar-refractivity contribution in [2.45, 2.75) is 0 Å². The van der Waals surface area contributed by atoms with E-state index in [0.717, 1.165) is 16.5 Å². The summed E-state index contributed by atoms with van der Waals surface area (Å²) in [6, 6.07) is 9.80. The first kappa shape index (κ1) is 11.9. The van der Waals surface area contributed by atoms with Gasteiger partial charge in [0, 0.05) is 17.1 Å². The van der Waals surface area contributed by atoms with E-state index in [9.17, 15) is 0 Å². The molecule has 0 aliphatic rings. The monoisotopic (exact) mass is 271 g/mol. The molecule has 3 aromatic rings. The second-order valence-corrected chi connectivity index (χ2v) is 4.29. The van der Waals surface area contributed by atoms with Crippen LogP contribution in [0, 0.1) is 0 Å². The first-order chi connectivity index (χ1) is 9.31. The fraction of sp³-hybridized carbons (Fsp3) is 0.0714. The number of halogens is 1. The molecule has 2 heterocycles. The molecule has 0 aliphatic carbocycles. The van der Waals surface area contributed by atoms with E-state index in [2.05, 4.69) is 15.0 Å². The van der Waals surface area contributed by atoms with E-state index in [1.807, 2.05) is 30.3 Å². The second kappa shape index (κ2) is 4.82. The van der Waals surface area contributed by atoms with Gasteiger partial charge in [-0.15, -0.1) is 0 Å². The van der Waals surface area contributed by atoms with Crippen LogP contribution in [0.1, 0.15) is 0 Å². The van der Waals surface area contributed by atoms with Crippen LogP contribution in [0.4, 0.5) is 0 Å². The second-order valence-electron chi connectivity index (χ2n) is 3.93. The van der Waals surface area contributed by atoms with Crippen molar-refractivity contribution in [1.29, 1.82) is 0 Å². The van der Waals surface area contributed by atoms with Crippen LogP contribution in [0.2, 0.25) is 5.15 Å². The standard InChI is InChI=1S/C14H10ClN3O/c1-19-13-12(17-8-18-14(13)15)10-6-2-4-9-5-3-7-16-11(9)10/h2-8H,1H3. The third-order valence-corrected chi connectivity index (χ3v) is 3.12. The van der Waals surface area contributed by atoms with Gasteiger partial charge in [-0.1, -0.05) is 35.9 Å². The third-order valence-electron chi connectivity index (χ3n) is 2.85. The molecule has 0 saturated heterocycles. The van der Waals surface area contributed by atoms with E-state index < -0.39 is 0 Å². The maximum atomic E-state index is 6.03. The Hall–Kier alpha value is -2.20. The molecule has 2 aromatic heterocycles. The van der Waals surface area contributed by atoms with Gasteiger partial charge in [0.2, 0.25) is 0 Å². The fourth-order valence-electron chi connectivity index (χ4n) is 2.02. The van der Waals surface area contributed by atoms with Gasteiger partial charge in [0.1, 0.15) is 12.0 Å². The molecule has 1 aromatic carbocycles. The molecule has 19 heavy (non-hydrogen) atoms. The van der Waals surface area contributed by atoms with Crippen LogP contribution in [0.5, 0.6) is 5.75 Å². The molecule has 0 N–H and O–H groups in total. The molecular weight excluding hydrogens is 262 g/mol. The molecule has 0 amide bonds. The predicted molar refractivity (Wildman–Crippen MR) is 74.3 cm³/mol. The number of pyridine rings is 1. The topological polar surface area (TPSA) is 47.9 Å². The number of para-hydroxylation sites is 1. The maximum absolute atomic E-state index is 6.03. The Balaban J connectivity index is 2.34.